The van der Waals surface area contributed by atoms with E-state index in [1.165, 1.54) is 11.8 Å². The number of nitrogens with zero attached hydrogens (tertiary/aromatic N) is 2. The second-order valence-corrected chi connectivity index (χ2v) is 8.68. The summed E-state index contributed by atoms with van der Waals surface area (Å²) in [6.07, 6.45) is 0. The van der Waals surface area contributed by atoms with Crippen LogP contribution in [0.5, 0.6) is 5.75 Å². The van der Waals surface area contributed by atoms with Crippen LogP contribution in [0.3, 0.4) is 0 Å². The molecular formula is C26H25N3O3S. The maximum absolute atomic E-state index is 13.4. The van der Waals surface area contributed by atoms with Crippen LogP contribution in [0, 0.1) is 13.8 Å². The van der Waals surface area contributed by atoms with Crippen molar-refractivity contribution in [1.29, 1.82) is 0 Å². The second-order valence-electron chi connectivity index (χ2n) is 7.74. The van der Waals surface area contributed by atoms with Gasteiger partial charge in [-0.25, -0.2) is 4.98 Å². The summed E-state index contributed by atoms with van der Waals surface area (Å²) in [5.74, 6) is 0.741. The Kier molecular flexibility index (Phi) is 6.79. The Bertz CT molecular complexity index is 1380. The fourth-order valence-corrected chi connectivity index (χ4v) is 4.31. The summed E-state index contributed by atoms with van der Waals surface area (Å²) in [5.41, 5.74) is 4.38. The van der Waals surface area contributed by atoms with Crippen molar-refractivity contribution in [2.45, 2.75) is 25.5 Å². The molecule has 4 rings (SSSR count). The van der Waals surface area contributed by atoms with Gasteiger partial charge in [0, 0.05) is 6.54 Å². The van der Waals surface area contributed by atoms with Crippen LogP contribution >= 0.6 is 11.8 Å². The van der Waals surface area contributed by atoms with Crippen LogP contribution < -0.4 is 15.6 Å². The van der Waals surface area contributed by atoms with Crippen LogP contribution in [0.1, 0.15) is 16.7 Å². The van der Waals surface area contributed by atoms with Gasteiger partial charge in [-0.3, -0.25) is 14.2 Å². The lowest BCUT2D eigenvalue weighted by molar-refractivity contribution is -0.118. The first-order valence-electron chi connectivity index (χ1n) is 10.6. The van der Waals surface area contributed by atoms with Gasteiger partial charge in [0.05, 0.1) is 29.5 Å². The van der Waals surface area contributed by atoms with Gasteiger partial charge in [-0.2, -0.15) is 0 Å². The average Bonchev–Trinajstić information content (AvgIpc) is 2.83. The highest BCUT2D eigenvalue weighted by Crippen LogP contribution is 2.23. The van der Waals surface area contributed by atoms with Crippen molar-refractivity contribution >= 4 is 28.6 Å². The zero-order valence-electron chi connectivity index (χ0n) is 18.8. The molecule has 3 aromatic carbocycles. The normalized spacial score (nSPS) is 10.9. The van der Waals surface area contributed by atoms with Crippen molar-refractivity contribution in [2.75, 3.05) is 12.9 Å². The Morgan fingerprint density at radius 2 is 1.85 bits per heavy atom. The van der Waals surface area contributed by atoms with Gasteiger partial charge < -0.3 is 10.1 Å². The molecular weight excluding hydrogens is 434 g/mol. The Labute approximate surface area is 196 Å². The predicted molar refractivity (Wildman–Crippen MR) is 132 cm³/mol. The molecule has 0 unspecified atom stereocenters. The number of carbonyl (C=O) groups is 1. The van der Waals surface area contributed by atoms with E-state index < -0.39 is 0 Å². The van der Waals surface area contributed by atoms with E-state index in [0.29, 0.717) is 22.6 Å². The van der Waals surface area contributed by atoms with Gasteiger partial charge in [0.2, 0.25) is 5.91 Å². The van der Waals surface area contributed by atoms with Gasteiger partial charge in [-0.1, -0.05) is 42.1 Å². The summed E-state index contributed by atoms with van der Waals surface area (Å²) in [7, 11) is 1.61. The van der Waals surface area contributed by atoms with Crippen molar-refractivity contribution < 1.29 is 9.53 Å². The van der Waals surface area contributed by atoms with E-state index in [9.17, 15) is 9.59 Å². The number of aromatic nitrogens is 2. The summed E-state index contributed by atoms with van der Waals surface area (Å²) in [6.45, 7) is 4.44. The van der Waals surface area contributed by atoms with E-state index >= 15 is 0 Å². The van der Waals surface area contributed by atoms with Crippen LogP contribution in [-0.2, 0) is 11.3 Å². The fraction of sp³-hybridized carbons (Fsp3) is 0.192. The second kappa shape index (κ2) is 9.92. The highest BCUT2D eigenvalue weighted by molar-refractivity contribution is 7.99. The molecule has 1 aromatic heterocycles. The molecule has 0 fully saturated rings. The minimum Gasteiger partial charge on any atom is -0.497 e. The third-order valence-corrected chi connectivity index (χ3v) is 6.39. The van der Waals surface area contributed by atoms with Crippen molar-refractivity contribution in [3.05, 3.63) is 93.8 Å². The number of hydrogen-bond donors (Lipinski definition) is 1. The Hall–Kier alpha value is -3.58. The van der Waals surface area contributed by atoms with Crippen LogP contribution in [-0.4, -0.2) is 28.3 Å². The average molecular weight is 460 g/mol. The lowest BCUT2D eigenvalue weighted by Crippen LogP contribution is -2.26. The smallest absolute Gasteiger partial charge is 0.266 e. The molecule has 0 saturated carbocycles. The highest BCUT2D eigenvalue weighted by Gasteiger charge is 2.15. The molecule has 4 aromatic rings. The zero-order chi connectivity index (χ0) is 23.4. The number of methoxy groups -OCH3 is 1. The number of amides is 1. The quantitative estimate of drug-likeness (QED) is 0.327. The summed E-state index contributed by atoms with van der Waals surface area (Å²) in [6, 6.07) is 20.7. The number of hydrogen-bond acceptors (Lipinski definition) is 5. The first-order chi connectivity index (χ1) is 16.0. The third kappa shape index (κ3) is 5.09. The van der Waals surface area contributed by atoms with E-state index in [4.69, 9.17) is 9.72 Å². The minimum absolute atomic E-state index is 0.138. The first-order valence-corrected chi connectivity index (χ1v) is 11.6. The minimum atomic E-state index is -0.150. The number of benzene rings is 3. The molecule has 0 radical (unpaired) electrons. The summed E-state index contributed by atoms with van der Waals surface area (Å²) < 4.78 is 6.82. The van der Waals surface area contributed by atoms with Crippen LogP contribution in [0.15, 0.2) is 76.7 Å². The number of carbonyl (C=O) groups excluding carboxylic acids is 1. The molecule has 6 nitrogen and oxygen atoms in total. The Balaban J connectivity index is 1.59. The fourth-order valence-electron chi connectivity index (χ4n) is 3.47. The van der Waals surface area contributed by atoms with Gasteiger partial charge in [-0.15, -0.1) is 0 Å². The van der Waals surface area contributed by atoms with E-state index in [2.05, 4.69) is 5.32 Å². The standard InChI is InChI=1S/C26H25N3O3S/c1-17-11-12-20(13-18(17)2)29-25(31)22-9-4-5-10-23(22)28-26(29)33-16-24(30)27-15-19-7-6-8-21(14-19)32-3/h4-14H,15-16H2,1-3H3,(H,27,30). The molecule has 0 aliphatic heterocycles. The number of ether oxygens (including phenoxy) is 1. The number of para-hydroxylation sites is 1. The molecule has 0 saturated heterocycles. The lowest BCUT2D eigenvalue weighted by Gasteiger charge is -2.14. The molecule has 0 bridgehead atoms. The van der Waals surface area contributed by atoms with Crippen LogP contribution in [0.2, 0.25) is 0 Å². The monoisotopic (exact) mass is 459 g/mol. The van der Waals surface area contributed by atoms with Crippen molar-refractivity contribution in [1.82, 2.24) is 14.9 Å². The summed E-state index contributed by atoms with van der Waals surface area (Å²) >= 11 is 1.25. The van der Waals surface area contributed by atoms with Crippen LogP contribution in [0.4, 0.5) is 0 Å². The summed E-state index contributed by atoms with van der Waals surface area (Å²) in [4.78, 5) is 30.6. The summed E-state index contributed by atoms with van der Waals surface area (Å²) in [5, 5.41) is 3.95. The molecule has 1 amide bonds. The van der Waals surface area contributed by atoms with Crippen LogP contribution in [0.25, 0.3) is 16.6 Å². The van der Waals surface area contributed by atoms with E-state index in [1.54, 1.807) is 17.7 Å². The van der Waals surface area contributed by atoms with E-state index in [-0.39, 0.29) is 17.2 Å². The van der Waals surface area contributed by atoms with Crippen molar-refractivity contribution in [3.63, 3.8) is 0 Å². The maximum Gasteiger partial charge on any atom is 0.266 e. The van der Waals surface area contributed by atoms with Crippen molar-refractivity contribution in [3.8, 4) is 11.4 Å². The van der Waals surface area contributed by atoms with Gasteiger partial charge >= 0.3 is 0 Å². The third-order valence-electron chi connectivity index (χ3n) is 5.45. The SMILES string of the molecule is COc1cccc(CNC(=O)CSc2nc3ccccc3c(=O)n2-c2ccc(C)c(C)c2)c1. The van der Waals surface area contributed by atoms with Gasteiger partial charge in [-0.05, 0) is 66.9 Å². The predicted octanol–water partition coefficient (Wildman–Crippen LogP) is 4.42. The van der Waals surface area contributed by atoms with Gasteiger partial charge in [0.15, 0.2) is 5.16 Å². The number of fused-ring (bicyclic) bond motifs is 1. The molecule has 0 aliphatic carbocycles. The van der Waals surface area contributed by atoms with Gasteiger partial charge in [0.1, 0.15) is 5.75 Å². The number of thioether (sulfide) groups is 1. The largest absolute Gasteiger partial charge is 0.497 e. The molecule has 1 N–H and O–H groups in total. The topological polar surface area (TPSA) is 73.2 Å². The molecule has 0 spiro atoms. The molecule has 7 heteroatoms. The Morgan fingerprint density at radius 1 is 1.03 bits per heavy atom. The molecule has 0 aliphatic rings. The first kappa shape index (κ1) is 22.6. The maximum atomic E-state index is 13.4. The van der Waals surface area contributed by atoms with E-state index in [0.717, 1.165) is 28.1 Å². The molecule has 1 heterocycles. The molecule has 33 heavy (non-hydrogen) atoms. The molecule has 168 valence electrons. The van der Waals surface area contributed by atoms with Gasteiger partial charge in [0.25, 0.3) is 5.56 Å². The Morgan fingerprint density at radius 3 is 2.64 bits per heavy atom. The highest BCUT2D eigenvalue weighted by atomic mass is 32.2. The number of nitrogens with one attached hydrogen (secondary N) is 1. The number of aryl methyl sites for hydroxylation is 2. The van der Waals surface area contributed by atoms with Crippen molar-refractivity contribution in [2.24, 2.45) is 0 Å². The lowest BCUT2D eigenvalue weighted by atomic mass is 10.1. The number of rotatable bonds is 7. The van der Waals surface area contributed by atoms with E-state index in [1.807, 2.05) is 74.5 Å². The molecule has 0 atom stereocenters. The zero-order valence-corrected chi connectivity index (χ0v) is 19.6.